The molecule has 0 bridgehead atoms. The first-order valence-corrected chi connectivity index (χ1v) is 7.82. The number of hydrogen-bond donors (Lipinski definition) is 1. The minimum Gasteiger partial charge on any atom is -0.387 e. The van der Waals surface area contributed by atoms with Gasteiger partial charge in [0.1, 0.15) is 9.84 Å². The van der Waals surface area contributed by atoms with Crippen molar-refractivity contribution in [1.82, 2.24) is 0 Å². The van der Waals surface area contributed by atoms with E-state index in [1.807, 2.05) is 45.0 Å². The molecule has 0 aliphatic carbocycles. The van der Waals surface area contributed by atoms with Crippen LogP contribution in [0.5, 0.6) is 0 Å². The Hall–Kier alpha value is -1.07. The molecule has 18 heavy (non-hydrogen) atoms. The van der Waals surface area contributed by atoms with Gasteiger partial charge in [-0.25, -0.2) is 8.42 Å². The lowest BCUT2D eigenvalue weighted by Crippen LogP contribution is -2.15. The van der Waals surface area contributed by atoms with E-state index >= 15 is 0 Å². The van der Waals surface area contributed by atoms with Gasteiger partial charge in [0.05, 0.1) is 11.9 Å². The lowest BCUT2D eigenvalue weighted by molar-refractivity contribution is 0.201. The van der Waals surface area contributed by atoms with Crippen LogP contribution in [-0.2, 0) is 9.84 Å². The summed E-state index contributed by atoms with van der Waals surface area (Å²) >= 11 is 0. The SMILES string of the molecule is Cc1cc(C(O)CS(C)(=O)=O)cc(C)c1N(C)C. The molecule has 0 aromatic heterocycles. The number of aryl methyl sites for hydroxylation is 2. The molecule has 102 valence electrons. The first-order chi connectivity index (χ1) is 8.11. The number of rotatable bonds is 4. The minimum absolute atomic E-state index is 0.243. The fourth-order valence-electron chi connectivity index (χ4n) is 2.27. The molecule has 1 rings (SSSR count). The Morgan fingerprint density at radius 2 is 1.67 bits per heavy atom. The second-order valence-electron chi connectivity index (χ2n) is 5.01. The second kappa shape index (κ2) is 5.28. The summed E-state index contributed by atoms with van der Waals surface area (Å²) < 4.78 is 22.4. The predicted molar refractivity (Wildman–Crippen MR) is 74.9 cm³/mol. The zero-order valence-corrected chi connectivity index (χ0v) is 12.4. The van der Waals surface area contributed by atoms with Gasteiger partial charge in [0.2, 0.25) is 0 Å². The first-order valence-electron chi connectivity index (χ1n) is 5.76. The lowest BCUT2D eigenvalue weighted by atomic mass is 10.0. The Balaban J connectivity index is 3.14. The molecular formula is C13H21NO3S. The molecule has 0 radical (unpaired) electrons. The third-order valence-corrected chi connectivity index (χ3v) is 3.73. The van der Waals surface area contributed by atoms with Gasteiger partial charge in [-0.2, -0.15) is 0 Å². The third-order valence-electron chi connectivity index (χ3n) is 2.81. The molecule has 1 atom stereocenters. The van der Waals surface area contributed by atoms with E-state index in [1.165, 1.54) is 0 Å². The molecule has 1 unspecified atom stereocenters. The largest absolute Gasteiger partial charge is 0.387 e. The molecule has 1 aromatic rings. The van der Waals surface area contributed by atoms with Crippen LogP contribution in [0.15, 0.2) is 12.1 Å². The van der Waals surface area contributed by atoms with E-state index in [4.69, 9.17) is 0 Å². The molecule has 0 saturated carbocycles. The molecule has 1 N–H and O–H groups in total. The van der Waals surface area contributed by atoms with Crippen molar-refractivity contribution in [2.24, 2.45) is 0 Å². The number of benzene rings is 1. The van der Waals surface area contributed by atoms with Crippen LogP contribution in [0.4, 0.5) is 5.69 Å². The van der Waals surface area contributed by atoms with Crippen molar-refractivity contribution >= 4 is 15.5 Å². The Morgan fingerprint density at radius 3 is 2.00 bits per heavy atom. The Labute approximate surface area is 109 Å². The zero-order valence-electron chi connectivity index (χ0n) is 11.6. The summed E-state index contributed by atoms with van der Waals surface area (Å²) in [6, 6.07) is 3.69. The van der Waals surface area contributed by atoms with Crippen molar-refractivity contribution in [3.8, 4) is 0 Å². The van der Waals surface area contributed by atoms with Gasteiger partial charge >= 0.3 is 0 Å². The van der Waals surface area contributed by atoms with Crippen LogP contribution >= 0.6 is 0 Å². The maximum Gasteiger partial charge on any atom is 0.150 e. The molecule has 0 heterocycles. The second-order valence-corrected chi connectivity index (χ2v) is 7.19. The summed E-state index contributed by atoms with van der Waals surface area (Å²) in [6.07, 6.45) is 0.165. The highest BCUT2D eigenvalue weighted by Gasteiger charge is 2.17. The van der Waals surface area contributed by atoms with Crippen LogP contribution in [0.3, 0.4) is 0 Å². The molecular weight excluding hydrogens is 250 g/mol. The topological polar surface area (TPSA) is 57.6 Å². The van der Waals surface area contributed by atoms with Crippen LogP contribution in [0.25, 0.3) is 0 Å². The highest BCUT2D eigenvalue weighted by atomic mass is 32.2. The van der Waals surface area contributed by atoms with E-state index in [0.29, 0.717) is 5.56 Å². The standard InChI is InChI=1S/C13H21NO3S/c1-9-6-11(12(15)8-18(5,16)17)7-10(2)13(9)14(3)4/h6-7,12,15H,8H2,1-5H3. The smallest absolute Gasteiger partial charge is 0.150 e. The summed E-state index contributed by atoms with van der Waals surface area (Å²) in [5.41, 5.74) is 3.82. The van der Waals surface area contributed by atoms with Gasteiger partial charge in [-0.05, 0) is 30.5 Å². The summed E-state index contributed by atoms with van der Waals surface area (Å²) in [7, 11) is 0.736. The molecule has 0 saturated heterocycles. The molecule has 0 aliphatic heterocycles. The van der Waals surface area contributed by atoms with Crippen LogP contribution < -0.4 is 4.90 Å². The van der Waals surface area contributed by atoms with E-state index in [9.17, 15) is 13.5 Å². The molecule has 1 aromatic carbocycles. The summed E-state index contributed by atoms with van der Waals surface area (Å²) in [6.45, 7) is 3.91. The fourth-order valence-corrected chi connectivity index (χ4v) is 3.04. The quantitative estimate of drug-likeness (QED) is 0.900. The van der Waals surface area contributed by atoms with E-state index < -0.39 is 15.9 Å². The van der Waals surface area contributed by atoms with Gasteiger partial charge in [0, 0.05) is 26.0 Å². The highest BCUT2D eigenvalue weighted by molar-refractivity contribution is 7.90. The molecule has 5 heteroatoms. The van der Waals surface area contributed by atoms with Crippen molar-refractivity contribution in [2.75, 3.05) is 31.0 Å². The number of anilines is 1. The van der Waals surface area contributed by atoms with Gasteiger partial charge in [0.15, 0.2) is 0 Å². The van der Waals surface area contributed by atoms with Crippen molar-refractivity contribution in [1.29, 1.82) is 0 Å². The summed E-state index contributed by atoms with van der Waals surface area (Å²) in [5.74, 6) is -0.243. The molecule has 0 spiro atoms. The average Bonchev–Trinajstić information content (AvgIpc) is 2.12. The lowest BCUT2D eigenvalue weighted by Gasteiger charge is -2.21. The maximum absolute atomic E-state index is 11.2. The monoisotopic (exact) mass is 271 g/mol. The Kier molecular flexibility index (Phi) is 4.40. The molecule has 0 fully saturated rings. The van der Waals surface area contributed by atoms with Crippen LogP contribution in [0.1, 0.15) is 22.8 Å². The third kappa shape index (κ3) is 3.71. The van der Waals surface area contributed by atoms with E-state index in [0.717, 1.165) is 23.1 Å². The first kappa shape index (κ1) is 15.0. The van der Waals surface area contributed by atoms with Gasteiger partial charge in [-0.3, -0.25) is 0 Å². The summed E-state index contributed by atoms with van der Waals surface area (Å²) in [4.78, 5) is 2.01. The average molecular weight is 271 g/mol. The maximum atomic E-state index is 11.2. The van der Waals surface area contributed by atoms with Crippen LogP contribution in [0.2, 0.25) is 0 Å². The number of aliphatic hydroxyl groups is 1. The number of sulfone groups is 1. The van der Waals surface area contributed by atoms with Crippen molar-refractivity contribution in [2.45, 2.75) is 20.0 Å². The molecule has 0 amide bonds. The number of aliphatic hydroxyl groups excluding tert-OH is 1. The van der Waals surface area contributed by atoms with Crippen molar-refractivity contribution < 1.29 is 13.5 Å². The zero-order chi connectivity index (χ0) is 14.1. The van der Waals surface area contributed by atoms with Crippen molar-refractivity contribution in [3.63, 3.8) is 0 Å². The number of hydrogen-bond acceptors (Lipinski definition) is 4. The number of nitrogens with zero attached hydrogens (tertiary/aromatic N) is 1. The molecule has 0 aliphatic rings. The van der Waals surface area contributed by atoms with Gasteiger partial charge in [0.25, 0.3) is 0 Å². The van der Waals surface area contributed by atoms with E-state index in [2.05, 4.69) is 0 Å². The minimum atomic E-state index is -3.18. The van der Waals surface area contributed by atoms with Crippen LogP contribution in [-0.4, -0.2) is 39.6 Å². The van der Waals surface area contributed by atoms with Gasteiger partial charge in [-0.15, -0.1) is 0 Å². The van der Waals surface area contributed by atoms with Crippen molar-refractivity contribution in [3.05, 3.63) is 28.8 Å². The Morgan fingerprint density at radius 1 is 1.22 bits per heavy atom. The van der Waals surface area contributed by atoms with E-state index in [1.54, 1.807) is 0 Å². The van der Waals surface area contributed by atoms with Gasteiger partial charge in [-0.1, -0.05) is 12.1 Å². The highest BCUT2D eigenvalue weighted by Crippen LogP contribution is 2.27. The van der Waals surface area contributed by atoms with E-state index in [-0.39, 0.29) is 5.75 Å². The van der Waals surface area contributed by atoms with Gasteiger partial charge < -0.3 is 10.0 Å². The molecule has 4 nitrogen and oxygen atoms in total. The Bertz CT molecular complexity index is 512. The normalized spacial score (nSPS) is 13.4. The van der Waals surface area contributed by atoms with Crippen LogP contribution in [0, 0.1) is 13.8 Å². The fraction of sp³-hybridized carbons (Fsp3) is 0.538. The summed E-state index contributed by atoms with van der Waals surface area (Å²) in [5, 5.41) is 9.94. The predicted octanol–water partition coefficient (Wildman–Crippen LogP) is 1.45.